The van der Waals surface area contributed by atoms with Crippen molar-refractivity contribution in [3.8, 4) is 5.69 Å². The molecule has 144 valence electrons. The summed E-state index contributed by atoms with van der Waals surface area (Å²) < 4.78 is 1.34. The Morgan fingerprint density at radius 3 is 2.46 bits per heavy atom. The van der Waals surface area contributed by atoms with Crippen LogP contribution < -0.4 is 16.7 Å². The van der Waals surface area contributed by atoms with Gasteiger partial charge >= 0.3 is 0 Å². The van der Waals surface area contributed by atoms with E-state index < -0.39 is 5.91 Å². The molecule has 0 aliphatic heterocycles. The van der Waals surface area contributed by atoms with Crippen molar-refractivity contribution in [2.24, 2.45) is 5.10 Å². The second kappa shape index (κ2) is 7.92. The van der Waals surface area contributed by atoms with E-state index in [2.05, 4.69) is 15.6 Å². The number of nitrogens with two attached hydrogens (primary N) is 1. The van der Waals surface area contributed by atoms with E-state index in [1.54, 1.807) is 56.3 Å². The molecule has 0 aliphatic carbocycles. The largest absolute Gasteiger partial charge is 0.399 e. The van der Waals surface area contributed by atoms with Gasteiger partial charge in [-0.05, 0) is 56.3 Å². The summed E-state index contributed by atoms with van der Waals surface area (Å²) in [6.07, 6.45) is 0. The standard InChI is InChI=1S/C19H17Cl2N5O2/c1-10(23-24-18(27)12-3-5-13(22)6-4-12)17-11(2)25-26(19(17)28)14-7-8-15(20)16(21)9-14/h3-9,25H,22H2,1-2H3,(H,24,27)/b23-10+. The fourth-order valence-corrected chi connectivity index (χ4v) is 2.96. The smallest absolute Gasteiger partial charge is 0.280 e. The van der Waals surface area contributed by atoms with E-state index >= 15 is 0 Å². The molecule has 3 aromatic rings. The number of aryl methyl sites for hydroxylation is 1. The van der Waals surface area contributed by atoms with Crippen LogP contribution >= 0.6 is 23.2 Å². The number of hydrogen-bond acceptors (Lipinski definition) is 4. The summed E-state index contributed by atoms with van der Waals surface area (Å²) in [7, 11) is 0. The van der Waals surface area contributed by atoms with E-state index in [-0.39, 0.29) is 5.56 Å². The van der Waals surface area contributed by atoms with Gasteiger partial charge in [0, 0.05) is 16.9 Å². The van der Waals surface area contributed by atoms with E-state index in [0.29, 0.717) is 44.0 Å². The minimum atomic E-state index is -0.405. The molecule has 7 nitrogen and oxygen atoms in total. The number of rotatable bonds is 4. The highest BCUT2D eigenvalue weighted by Crippen LogP contribution is 2.24. The quantitative estimate of drug-likeness (QED) is 0.343. The number of halogens is 2. The molecular formula is C19H17Cl2N5O2. The summed E-state index contributed by atoms with van der Waals surface area (Å²) in [5.41, 5.74) is 10.5. The zero-order chi connectivity index (χ0) is 20.4. The number of benzene rings is 2. The molecule has 0 bridgehead atoms. The third kappa shape index (κ3) is 3.95. The van der Waals surface area contributed by atoms with Gasteiger partial charge in [-0.1, -0.05) is 23.2 Å². The molecule has 0 aliphatic rings. The van der Waals surface area contributed by atoms with Crippen molar-refractivity contribution in [1.82, 2.24) is 15.2 Å². The Balaban J connectivity index is 1.88. The van der Waals surface area contributed by atoms with Crippen molar-refractivity contribution >= 4 is 40.5 Å². The van der Waals surface area contributed by atoms with Crippen molar-refractivity contribution in [2.45, 2.75) is 13.8 Å². The zero-order valence-corrected chi connectivity index (χ0v) is 16.6. The van der Waals surface area contributed by atoms with Gasteiger partial charge in [0.25, 0.3) is 11.5 Å². The first-order valence-electron chi connectivity index (χ1n) is 8.25. The van der Waals surface area contributed by atoms with Gasteiger partial charge < -0.3 is 5.73 Å². The third-order valence-electron chi connectivity index (χ3n) is 4.09. The number of aromatic amines is 1. The van der Waals surface area contributed by atoms with Crippen LogP contribution in [0.5, 0.6) is 0 Å². The van der Waals surface area contributed by atoms with Crippen LogP contribution in [-0.2, 0) is 0 Å². The van der Waals surface area contributed by atoms with Crippen molar-refractivity contribution in [2.75, 3.05) is 5.73 Å². The number of hydrazone groups is 1. The van der Waals surface area contributed by atoms with Crippen molar-refractivity contribution < 1.29 is 4.79 Å². The van der Waals surface area contributed by atoms with E-state index in [9.17, 15) is 9.59 Å². The lowest BCUT2D eigenvalue weighted by Crippen LogP contribution is -2.23. The van der Waals surface area contributed by atoms with Gasteiger partial charge in [0.2, 0.25) is 0 Å². The number of amides is 1. The molecule has 28 heavy (non-hydrogen) atoms. The monoisotopic (exact) mass is 417 g/mol. The molecule has 1 aromatic heterocycles. The predicted molar refractivity (Wildman–Crippen MR) is 112 cm³/mol. The number of nitrogens with one attached hydrogen (secondary N) is 2. The molecule has 0 unspecified atom stereocenters. The number of H-pyrrole nitrogens is 1. The van der Waals surface area contributed by atoms with Gasteiger partial charge in [-0.2, -0.15) is 5.10 Å². The van der Waals surface area contributed by atoms with Crippen molar-refractivity contribution in [3.05, 3.63) is 79.7 Å². The number of nitrogens with zero attached hydrogens (tertiary/aromatic N) is 2. The average Bonchev–Trinajstić information content (AvgIpc) is 2.96. The lowest BCUT2D eigenvalue weighted by Gasteiger charge is -2.03. The molecule has 0 fully saturated rings. The molecule has 0 saturated heterocycles. The molecule has 1 heterocycles. The number of carbonyl (C=O) groups is 1. The normalized spacial score (nSPS) is 11.5. The maximum absolute atomic E-state index is 12.8. The van der Waals surface area contributed by atoms with Crippen LogP contribution in [0.2, 0.25) is 10.0 Å². The Labute approximate surface area is 170 Å². The fraction of sp³-hybridized carbons (Fsp3) is 0.105. The maximum Gasteiger partial charge on any atom is 0.280 e. The zero-order valence-electron chi connectivity index (χ0n) is 15.1. The number of carbonyl (C=O) groups excluding carboxylic acids is 1. The van der Waals surface area contributed by atoms with Gasteiger partial charge in [-0.15, -0.1) is 0 Å². The Morgan fingerprint density at radius 2 is 1.82 bits per heavy atom. The molecular weight excluding hydrogens is 401 g/mol. The first-order chi connectivity index (χ1) is 13.3. The fourth-order valence-electron chi connectivity index (χ4n) is 2.67. The van der Waals surface area contributed by atoms with Crippen LogP contribution in [0.3, 0.4) is 0 Å². The molecule has 0 atom stereocenters. The number of hydrogen-bond donors (Lipinski definition) is 3. The number of aromatic nitrogens is 2. The highest BCUT2D eigenvalue weighted by molar-refractivity contribution is 6.42. The van der Waals surface area contributed by atoms with Gasteiger partial charge in [-0.3, -0.25) is 14.7 Å². The molecule has 3 rings (SSSR count). The molecule has 2 aromatic carbocycles. The topological polar surface area (TPSA) is 105 Å². The molecule has 1 amide bonds. The second-order valence-electron chi connectivity index (χ2n) is 6.11. The van der Waals surface area contributed by atoms with Crippen LogP contribution in [0.25, 0.3) is 5.69 Å². The van der Waals surface area contributed by atoms with Gasteiger partial charge in [-0.25, -0.2) is 10.1 Å². The summed E-state index contributed by atoms with van der Waals surface area (Å²) in [5, 5.41) is 7.76. The summed E-state index contributed by atoms with van der Waals surface area (Å²) in [5.74, 6) is -0.405. The van der Waals surface area contributed by atoms with Gasteiger partial charge in [0.15, 0.2) is 0 Å². The molecule has 0 radical (unpaired) electrons. The Kier molecular flexibility index (Phi) is 5.58. The molecule has 4 N–H and O–H groups in total. The molecule has 9 heteroatoms. The summed E-state index contributed by atoms with van der Waals surface area (Å²) in [6.45, 7) is 3.38. The highest BCUT2D eigenvalue weighted by Gasteiger charge is 2.16. The van der Waals surface area contributed by atoms with E-state index in [1.807, 2.05) is 0 Å². The first-order valence-corrected chi connectivity index (χ1v) is 9.01. The van der Waals surface area contributed by atoms with E-state index in [0.717, 1.165) is 0 Å². The number of nitrogen functional groups attached to an aromatic ring is 1. The third-order valence-corrected chi connectivity index (χ3v) is 4.83. The van der Waals surface area contributed by atoms with Crippen LogP contribution in [0.15, 0.2) is 52.4 Å². The molecule has 0 saturated carbocycles. The van der Waals surface area contributed by atoms with Crippen LogP contribution in [0.4, 0.5) is 5.69 Å². The lowest BCUT2D eigenvalue weighted by atomic mass is 10.2. The molecule has 0 spiro atoms. The minimum absolute atomic E-state index is 0.320. The van der Waals surface area contributed by atoms with Crippen LogP contribution in [0.1, 0.15) is 28.5 Å². The Morgan fingerprint density at radius 1 is 1.14 bits per heavy atom. The van der Waals surface area contributed by atoms with Crippen LogP contribution in [0, 0.1) is 6.92 Å². The van der Waals surface area contributed by atoms with Crippen LogP contribution in [-0.4, -0.2) is 21.4 Å². The van der Waals surface area contributed by atoms with E-state index in [4.69, 9.17) is 28.9 Å². The lowest BCUT2D eigenvalue weighted by molar-refractivity contribution is 0.0955. The SMILES string of the molecule is C/C(=N\NC(=O)c1ccc(N)cc1)c1c(C)[nH]n(-c2ccc(Cl)c(Cl)c2)c1=O. The number of anilines is 1. The van der Waals surface area contributed by atoms with Crippen molar-refractivity contribution in [1.29, 1.82) is 0 Å². The minimum Gasteiger partial charge on any atom is -0.399 e. The Bertz CT molecular complexity index is 1130. The maximum atomic E-state index is 12.8. The predicted octanol–water partition coefficient (Wildman–Crippen LogP) is 3.52. The summed E-state index contributed by atoms with van der Waals surface area (Å²) >= 11 is 12.0. The van der Waals surface area contributed by atoms with E-state index in [1.165, 1.54) is 4.68 Å². The summed E-state index contributed by atoms with van der Waals surface area (Å²) in [6, 6.07) is 11.3. The first kappa shape index (κ1) is 19.7. The van der Waals surface area contributed by atoms with Crippen molar-refractivity contribution in [3.63, 3.8) is 0 Å². The van der Waals surface area contributed by atoms with Gasteiger partial charge in [0.05, 0.1) is 27.0 Å². The Hall–Kier alpha value is -3.03. The highest BCUT2D eigenvalue weighted by atomic mass is 35.5. The summed E-state index contributed by atoms with van der Waals surface area (Å²) in [4.78, 5) is 25.0. The van der Waals surface area contributed by atoms with Gasteiger partial charge in [0.1, 0.15) is 0 Å². The average molecular weight is 418 g/mol. The second-order valence-corrected chi connectivity index (χ2v) is 6.93.